The van der Waals surface area contributed by atoms with Gasteiger partial charge >= 0.3 is 0 Å². The number of nitrogens with zero attached hydrogens (tertiary/aromatic N) is 2. The number of thiazole rings is 1. The van der Waals surface area contributed by atoms with E-state index in [0.717, 1.165) is 23.4 Å². The molecule has 0 aliphatic carbocycles. The summed E-state index contributed by atoms with van der Waals surface area (Å²) in [6.45, 7) is 1.31. The molecule has 1 aliphatic heterocycles. The van der Waals surface area contributed by atoms with Crippen molar-refractivity contribution in [2.24, 2.45) is 0 Å². The van der Waals surface area contributed by atoms with E-state index in [0.29, 0.717) is 18.7 Å². The lowest BCUT2D eigenvalue weighted by molar-refractivity contribution is 0.0707. The van der Waals surface area contributed by atoms with Crippen molar-refractivity contribution < 1.29 is 9.18 Å². The van der Waals surface area contributed by atoms with Crippen LogP contribution in [0.2, 0.25) is 5.02 Å². The van der Waals surface area contributed by atoms with Crippen molar-refractivity contribution in [2.45, 2.75) is 18.8 Å². The third-order valence-electron chi connectivity index (χ3n) is 4.53. The van der Waals surface area contributed by atoms with Crippen LogP contribution < -0.4 is 0 Å². The summed E-state index contributed by atoms with van der Waals surface area (Å²) >= 11 is 7.75. The number of hydrogen-bond acceptors (Lipinski definition) is 3. The smallest absolute Gasteiger partial charge is 0.255 e. The number of fused-ring (bicyclic) bond motifs is 1. The van der Waals surface area contributed by atoms with Gasteiger partial charge in [-0.3, -0.25) is 4.79 Å². The zero-order valence-corrected chi connectivity index (χ0v) is 15.0. The number of para-hydroxylation sites is 1. The second-order valence-electron chi connectivity index (χ2n) is 6.23. The van der Waals surface area contributed by atoms with Crippen LogP contribution in [0, 0.1) is 5.82 Å². The Kier molecular flexibility index (Phi) is 4.44. The zero-order chi connectivity index (χ0) is 17.4. The highest BCUT2D eigenvalue weighted by atomic mass is 35.5. The maximum Gasteiger partial charge on any atom is 0.255 e. The molecule has 1 unspecified atom stereocenters. The van der Waals surface area contributed by atoms with E-state index < -0.39 is 5.82 Å². The Morgan fingerprint density at radius 1 is 1.28 bits per heavy atom. The van der Waals surface area contributed by atoms with Crippen LogP contribution in [0.4, 0.5) is 4.39 Å². The van der Waals surface area contributed by atoms with Crippen LogP contribution in [-0.4, -0.2) is 28.9 Å². The minimum absolute atomic E-state index is 0.143. The summed E-state index contributed by atoms with van der Waals surface area (Å²) in [7, 11) is 0. The first-order valence-corrected chi connectivity index (χ1v) is 9.41. The predicted octanol–water partition coefficient (Wildman–Crippen LogP) is 5.11. The van der Waals surface area contributed by atoms with E-state index in [9.17, 15) is 9.18 Å². The van der Waals surface area contributed by atoms with E-state index >= 15 is 0 Å². The van der Waals surface area contributed by atoms with Crippen molar-refractivity contribution in [3.8, 4) is 0 Å². The molecule has 6 heteroatoms. The molecule has 1 atom stereocenters. The number of benzene rings is 2. The lowest BCUT2D eigenvalue weighted by atomic mass is 9.98. The SMILES string of the molecule is O=C(c1ccc(F)cc1Cl)N1CCCC(c2nc3ccccc3s2)C1. The van der Waals surface area contributed by atoms with E-state index in [2.05, 4.69) is 6.07 Å². The van der Waals surface area contributed by atoms with Crippen molar-refractivity contribution in [3.05, 3.63) is 63.9 Å². The van der Waals surface area contributed by atoms with Gasteiger partial charge < -0.3 is 4.90 Å². The van der Waals surface area contributed by atoms with Gasteiger partial charge in [0.2, 0.25) is 0 Å². The van der Waals surface area contributed by atoms with Crippen LogP contribution in [-0.2, 0) is 0 Å². The molecule has 0 bridgehead atoms. The molecule has 0 radical (unpaired) electrons. The minimum atomic E-state index is -0.437. The Morgan fingerprint density at radius 3 is 2.92 bits per heavy atom. The minimum Gasteiger partial charge on any atom is -0.338 e. The molecule has 2 aromatic carbocycles. The molecule has 4 rings (SSSR count). The molecule has 1 aromatic heterocycles. The topological polar surface area (TPSA) is 33.2 Å². The normalized spacial score (nSPS) is 17.8. The molecular weight excluding hydrogens is 359 g/mol. The summed E-state index contributed by atoms with van der Waals surface area (Å²) in [5.74, 6) is -0.349. The van der Waals surface area contributed by atoms with Gasteiger partial charge in [-0.1, -0.05) is 23.7 Å². The van der Waals surface area contributed by atoms with Gasteiger partial charge in [-0.05, 0) is 43.2 Å². The third-order valence-corrected chi connectivity index (χ3v) is 6.04. The number of hydrogen-bond donors (Lipinski definition) is 0. The van der Waals surface area contributed by atoms with Crippen molar-refractivity contribution in [1.29, 1.82) is 0 Å². The molecule has 1 fully saturated rings. The number of rotatable bonds is 2. The molecule has 3 nitrogen and oxygen atoms in total. The summed E-state index contributed by atoms with van der Waals surface area (Å²) in [5, 5.41) is 1.23. The van der Waals surface area contributed by atoms with Crippen molar-refractivity contribution in [3.63, 3.8) is 0 Å². The molecule has 2 heterocycles. The van der Waals surface area contributed by atoms with Crippen LogP contribution in [0.15, 0.2) is 42.5 Å². The molecule has 1 aliphatic rings. The molecule has 0 N–H and O–H groups in total. The zero-order valence-electron chi connectivity index (χ0n) is 13.4. The highest BCUT2D eigenvalue weighted by Crippen LogP contribution is 2.33. The van der Waals surface area contributed by atoms with Crippen molar-refractivity contribution in [1.82, 2.24) is 9.88 Å². The van der Waals surface area contributed by atoms with Crippen LogP contribution in [0.25, 0.3) is 10.2 Å². The van der Waals surface area contributed by atoms with E-state index in [4.69, 9.17) is 16.6 Å². The highest BCUT2D eigenvalue weighted by Gasteiger charge is 2.28. The summed E-state index contributed by atoms with van der Waals surface area (Å²) in [6, 6.07) is 12.0. The van der Waals surface area contributed by atoms with Gasteiger partial charge in [-0.2, -0.15) is 0 Å². The fraction of sp³-hybridized carbons (Fsp3) is 0.263. The van der Waals surface area contributed by atoms with Crippen molar-refractivity contribution >= 4 is 39.1 Å². The Morgan fingerprint density at radius 2 is 2.12 bits per heavy atom. The molecule has 1 saturated heterocycles. The Bertz CT molecular complexity index is 909. The molecular formula is C19H16ClFN2OS. The van der Waals surface area contributed by atoms with Crippen molar-refractivity contribution in [2.75, 3.05) is 13.1 Å². The summed E-state index contributed by atoms with van der Waals surface area (Å²) in [4.78, 5) is 19.3. The molecule has 128 valence electrons. The Labute approximate surface area is 154 Å². The number of aromatic nitrogens is 1. The Balaban J connectivity index is 1.57. The van der Waals surface area contributed by atoms with Gasteiger partial charge in [0, 0.05) is 19.0 Å². The molecule has 0 spiro atoms. The van der Waals surface area contributed by atoms with Crippen LogP contribution in [0.5, 0.6) is 0 Å². The van der Waals surface area contributed by atoms with Gasteiger partial charge in [0.25, 0.3) is 5.91 Å². The van der Waals surface area contributed by atoms with Crippen LogP contribution >= 0.6 is 22.9 Å². The third kappa shape index (κ3) is 3.26. The lowest BCUT2D eigenvalue weighted by Gasteiger charge is -2.32. The van der Waals surface area contributed by atoms with E-state index in [1.807, 2.05) is 18.2 Å². The number of carbonyl (C=O) groups excluding carboxylic acids is 1. The average molecular weight is 375 g/mol. The first kappa shape index (κ1) is 16.5. The van der Waals surface area contributed by atoms with Gasteiger partial charge in [-0.15, -0.1) is 11.3 Å². The van der Waals surface area contributed by atoms with E-state index in [1.54, 1.807) is 16.2 Å². The molecule has 25 heavy (non-hydrogen) atoms. The van der Waals surface area contributed by atoms with Crippen LogP contribution in [0.3, 0.4) is 0 Å². The average Bonchev–Trinajstić information content (AvgIpc) is 3.05. The number of likely N-dealkylation sites (tertiary alicyclic amines) is 1. The number of piperidine rings is 1. The van der Waals surface area contributed by atoms with Gasteiger partial charge in [0.1, 0.15) is 5.82 Å². The fourth-order valence-corrected chi connectivity index (χ4v) is 4.60. The second kappa shape index (κ2) is 6.73. The Hall–Kier alpha value is -1.98. The summed E-state index contributed by atoms with van der Waals surface area (Å²) in [6.07, 6.45) is 1.94. The highest BCUT2D eigenvalue weighted by molar-refractivity contribution is 7.18. The van der Waals surface area contributed by atoms with Gasteiger partial charge in [0.05, 0.1) is 25.8 Å². The quantitative estimate of drug-likeness (QED) is 0.624. The maximum atomic E-state index is 13.2. The summed E-state index contributed by atoms with van der Waals surface area (Å²) < 4.78 is 14.4. The van der Waals surface area contributed by atoms with Crippen LogP contribution in [0.1, 0.15) is 34.1 Å². The number of halogens is 2. The first-order chi connectivity index (χ1) is 12.1. The fourth-order valence-electron chi connectivity index (χ4n) is 3.26. The largest absolute Gasteiger partial charge is 0.338 e. The predicted molar refractivity (Wildman–Crippen MR) is 98.9 cm³/mol. The van der Waals surface area contributed by atoms with E-state index in [-0.39, 0.29) is 16.8 Å². The number of carbonyl (C=O) groups is 1. The molecule has 3 aromatic rings. The molecule has 0 saturated carbocycles. The lowest BCUT2D eigenvalue weighted by Crippen LogP contribution is -2.39. The van der Waals surface area contributed by atoms with Gasteiger partial charge in [-0.25, -0.2) is 9.37 Å². The summed E-state index contributed by atoms with van der Waals surface area (Å²) in [5.41, 5.74) is 1.36. The molecule has 1 amide bonds. The second-order valence-corrected chi connectivity index (χ2v) is 7.70. The van der Waals surface area contributed by atoms with Gasteiger partial charge in [0.15, 0.2) is 0 Å². The number of amides is 1. The maximum absolute atomic E-state index is 13.2. The van der Waals surface area contributed by atoms with E-state index in [1.165, 1.54) is 22.9 Å². The standard InChI is InChI=1S/C19H16ClFN2OS/c20-15-10-13(21)7-8-14(15)19(24)23-9-3-4-12(11-23)18-22-16-5-1-2-6-17(16)25-18/h1-2,5-8,10,12H,3-4,9,11H2. The first-order valence-electron chi connectivity index (χ1n) is 8.21. The monoisotopic (exact) mass is 374 g/mol.